The molecule has 0 unspecified atom stereocenters. The van der Waals surface area contributed by atoms with Crippen LogP contribution in [0.15, 0.2) is 30.3 Å². The molecule has 1 aliphatic carbocycles. The lowest BCUT2D eigenvalue weighted by Crippen LogP contribution is -2.48. The molecule has 0 aromatic heterocycles. The molecule has 2 rings (SSSR count). The maximum atomic E-state index is 12.3. The normalized spacial score (nSPS) is 15.8. The van der Waals surface area contributed by atoms with Gasteiger partial charge in [-0.2, -0.15) is 0 Å². The van der Waals surface area contributed by atoms with Crippen molar-refractivity contribution >= 4 is 12.2 Å². The van der Waals surface area contributed by atoms with Crippen LogP contribution in [0, 0.1) is 5.92 Å². The van der Waals surface area contributed by atoms with Crippen LogP contribution in [0.3, 0.4) is 0 Å². The molecule has 1 aliphatic rings. The Labute approximate surface area is 168 Å². The zero-order valence-electron chi connectivity index (χ0n) is 17.3. The predicted octanol–water partition coefficient (Wildman–Crippen LogP) is 4.68. The average molecular weight is 391 g/mol. The summed E-state index contributed by atoms with van der Waals surface area (Å²) in [4.78, 5) is 25.5. The number of amides is 2. The third-order valence-corrected chi connectivity index (χ3v) is 5.04. The van der Waals surface area contributed by atoms with E-state index in [9.17, 15) is 14.7 Å². The van der Waals surface area contributed by atoms with E-state index in [2.05, 4.69) is 5.32 Å². The van der Waals surface area contributed by atoms with Crippen LogP contribution in [0.1, 0.15) is 58.4 Å². The van der Waals surface area contributed by atoms with Crippen LogP contribution in [-0.2, 0) is 11.2 Å². The van der Waals surface area contributed by atoms with Gasteiger partial charge in [-0.25, -0.2) is 9.59 Å². The minimum Gasteiger partial charge on any atom is -0.465 e. The number of carbonyl (C=O) groups is 2. The number of hydrogen-bond acceptors (Lipinski definition) is 3. The van der Waals surface area contributed by atoms with Gasteiger partial charge < -0.3 is 20.1 Å². The van der Waals surface area contributed by atoms with Gasteiger partial charge in [0.05, 0.1) is 6.04 Å². The number of ether oxygens (including phenoxy) is 1. The summed E-state index contributed by atoms with van der Waals surface area (Å²) in [6.07, 6.45) is 4.69. The molecular weight excluding hydrogens is 356 g/mol. The lowest BCUT2D eigenvalue weighted by Gasteiger charge is -2.29. The van der Waals surface area contributed by atoms with E-state index in [1.165, 1.54) is 17.7 Å². The van der Waals surface area contributed by atoms with Crippen molar-refractivity contribution in [2.75, 3.05) is 13.1 Å². The first-order valence-corrected chi connectivity index (χ1v) is 10.2. The maximum Gasteiger partial charge on any atom is 0.407 e. The quantitative estimate of drug-likeness (QED) is 0.675. The van der Waals surface area contributed by atoms with E-state index in [1.54, 1.807) is 0 Å². The molecule has 1 fully saturated rings. The van der Waals surface area contributed by atoms with Crippen molar-refractivity contribution in [2.24, 2.45) is 5.92 Å². The molecular formula is C22H34N2O4. The van der Waals surface area contributed by atoms with Crippen LogP contribution in [0.4, 0.5) is 9.59 Å². The summed E-state index contributed by atoms with van der Waals surface area (Å²) < 4.78 is 5.39. The highest BCUT2D eigenvalue weighted by Crippen LogP contribution is 2.29. The first-order chi connectivity index (χ1) is 13.2. The Morgan fingerprint density at radius 1 is 1.21 bits per heavy atom. The lowest BCUT2D eigenvalue weighted by atomic mass is 9.98. The molecule has 2 N–H and O–H groups in total. The number of nitrogens with one attached hydrogen (secondary N) is 1. The minimum atomic E-state index is -0.960. The topological polar surface area (TPSA) is 78.9 Å². The van der Waals surface area contributed by atoms with E-state index in [0.717, 1.165) is 24.8 Å². The van der Waals surface area contributed by atoms with Crippen molar-refractivity contribution < 1.29 is 19.4 Å². The summed E-state index contributed by atoms with van der Waals surface area (Å²) in [6, 6.07) is 9.59. The van der Waals surface area contributed by atoms with Gasteiger partial charge in [0.25, 0.3) is 0 Å². The van der Waals surface area contributed by atoms with Gasteiger partial charge in [-0.3, -0.25) is 0 Å². The molecule has 0 saturated heterocycles. The van der Waals surface area contributed by atoms with Crippen LogP contribution in [-0.4, -0.2) is 46.9 Å². The van der Waals surface area contributed by atoms with E-state index >= 15 is 0 Å². The zero-order chi connectivity index (χ0) is 20.6. The van der Waals surface area contributed by atoms with E-state index < -0.39 is 17.8 Å². The van der Waals surface area contributed by atoms with Gasteiger partial charge in [-0.1, -0.05) is 56.0 Å². The fourth-order valence-corrected chi connectivity index (χ4v) is 3.74. The molecule has 0 bridgehead atoms. The molecule has 1 aromatic rings. The highest BCUT2D eigenvalue weighted by molar-refractivity contribution is 5.68. The lowest BCUT2D eigenvalue weighted by molar-refractivity contribution is 0.0480. The van der Waals surface area contributed by atoms with Gasteiger partial charge in [-0.05, 0) is 45.1 Å². The van der Waals surface area contributed by atoms with E-state index in [0.29, 0.717) is 18.9 Å². The van der Waals surface area contributed by atoms with Crippen LogP contribution < -0.4 is 5.32 Å². The smallest absolute Gasteiger partial charge is 0.407 e. The number of carbonyl (C=O) groups excluding carboxylic acids is 1. The van der Waals surface area contributed by atoms with Crippen LogP contribution in [0.25, 0.3) is 0 Å². The molecule has 0 heterocycles. The number of nitrogens with zero attached hydrogens (tertiary/aromatic N) is 1. The number of benzene rings is 1. The molecule has 28 heavy (non-hydrogen) atoms. The van der Waals surface area contributed by atoms with Crippen molar-refractivity contribution in [1.29, 1.82) is 0 Å². The SMILES string of the molecule is CC(C)(C)OC(=O)N[C@@H](CC1CCCC1)CN(CCc1ccccc1)C(=O)O. The summed E-state index contributed by atoms with van der Waals surface area (Å²) in [5.74, 6) is 0.532. The molecule has 2 amide bonds. The first-order valence-electron chi connectivity index (χ1n) is 10.2. The summed E-state index contributed by atoms with van der Waals surface area (Å²) >= 11 is 0. The first kappa shape index (κ1) is 22.1. The molecule has 1 saturated carbocycles. The third kappa shape index (κ3) is 8.19. The minimum absolute atomic E-state index is 0.246. The van der Waals surface area contributed by atoms with Crippen molar-refractivity contribution in [3.8, 4) is 0 Å². The average Bonchev–Trinajstić information content (AvgIpc) is 3.10. The molecule has 6 nitrogen and oxygen atoms in total. The van der Waals surface area contributed by atoms with Gasteiger partial charge in [0.1, 0.15) is 5.60 Å². The van der Waals surface area contributed by atoms with Gasteiger partial charge in [0.2, 0.25) is 0 Å². The Kier molecular flexibility index (Phi) is 8.15. The van der Waals surface area contributed by atoms with Gasteiger partial charge in [-0.15, -0.1) is 0 Å². The fourth-order valence-electron chi connectivity index (χ4n) is 3.74. The second kappa shape index (κ2) is 10.3. The molecule has 0 radical (unpaired) electrons. The van der Waals surface area contributed by atoms with E-state index in [4.69, 9.17) is 4.74 Å². The number of rotatable bonds is 8. The van der Waals surface area contributed by atoms with Crippen LogP contribution in [0.2, 0.25) is 0 Å². The van der Waals surface area contributed by atoms with Crippen molar-refractivity contribution in [3.05, 3.63) is 35.9 Å². The Balaban J connectivity index is 1.99. The highest BCUT2D eigenvalue weighted by Gasteiger charge is 2.27. The molecule has 1 atom stereocenters. The maximum absolute atomic E-state index is 12.3. The third-order valence-electron chi connectivity index (χ3n) is 5.04. The Morgan fingerprint density at radius 2 is 1.86 bits per heavy atom. The standard InChI is InChI=1S/C22H34N2O4/c1-22(2,3)28-20(25)23-19(15-18-11-7-8-12-18)16-24(21(26)27)14-13-17-9-5-4-6-10-17/h4-6,9-10,18-19H,7-8,11-16H2,1-3H3,(H,23,25)(H,26,27)/t19-/m0/s1. The zero-order valence-corrected chi connectivity index (χ0v) is 17.3. The van der Waals surface area contributed by atoms with Crippen molar-refractivity contribution in [2.45, 2.75) is 70.9 Å². The van der Waals surface area contributed by atoms with Gasteiger partial charge in [0.15, 0.2) is 0 Å². The molecule has 0 aliphatic heterocycles. The fraction of sp³-hybridized carbons (Fsp3) is 0.636. The van der Waals surface area contributed by atoms with Gasteiger partial charge in [0, 0.05) is 13.1 Å². The Bertz CT molecular complexity index is 621. The number of hydrogen-bond donors (Lipinski definition) is 2. The molecule has 1 aromatic carbocycles. The predicted molar refractivity (Wildman–Crippen MR) is 109 cm³/mol. The van der Waals surface area contributed by atoms with Crippen molar-refractivity contribution in [3.63, 3.8) is 0 Å². The van der Waals surface area contributed by atoms with Gasteiger partial charge >= 0.3 is 12.2 Å². The molecule has 156 valence electrons. The van der Waals surface area contributed by atoms with Crippen LogP contribution >= 0.6 is 0 Å². The largest absolute Gasteiger partial charge is 0.465 e. The summed E-state index contributed by atoms with van der Waals surface area (Å²) in [5.41, 5.74) is 0.517. The number of alkyl carbamates (subject to hydrolysis) is 1. The monoisotopic (exact) mass is 390 g/mol. The summed E-state index contributed by atoms with van der Waals surface area (Å²) in [7, 11) is 0. The molecule has 0 spiro atoms. The van der Waals surface area contributed by atoms with Crippen molar-refractivity contribution in [1.82, 2.24) is 10.2 Å². The summed E-state index contributed by atoms with van der Waals surface area (Å²) in [6.45, 7) is 6.14. The van der Waals surface area contributed by atoms with E-state index in [-0.39, 0.29) is 12.6 Å². The Hall–Kier alpha value is -2.24. The van der Waals surface area contributed by atoms with Crippen LogP contribution in [0.5, 0.6) is 0 Å². The second-order valence-electron chi connectivity index (χ2n) is 8.69. The summed E-state index contributed by atoms with van der Waals surface area (Å²) in [5, 5.41) is 12.6. The van der Waals surface area contributed by atoms with E-state index in [1.807, 2.05) is 51.1 Å². The highest BCUT2D eigenvalue weighted by atomic mass is 16.6. The second-order valence-corrected chi connectivity index (χ2v) is 8.69. The molecule has 6 heteroatoms. The Morgan fingerprint density at radius 3 is 2.43 bits per heavy atom. The number of carboxylic acid groups (broad SMARTS) is 1.